The van der Waals surface area contributed by atoms with Crippen LogP contribution in [0.3, 0.4) is 0 Å². The Labute approximate surface area is 133 Å². The van der Waals surface area contributed by atoms with Crippen molar-refractivity contribution in [2.75, 3.05) is 17.2 Å². The van der Waals surface area contributed by atoms with Crippen molar-refractivity contribution in [3.8, 4) is 0 Å². The fourth-order valence-corrected chi connectivity index (χ4v) is 2.27. The number of aryl methyl sites for hydroxylation is 2. The molecule has 2 aromatic rings. The number of amides is 1. The van der Waals surface area contributed by atoms with Gasteiger partial charge in [-0.05, 0) is 66.0 Å². The molecule has 2 N–H and O–H groups in total. The molecule has 1 heterocycles. The Bertz CT molecular complexity index is 671. The van der Waals surface area contributed by atoms with Crippen LogP contribution in [-0.4, -0.2) is 17.4 Å². The number of carbonyl (C=O) groups excluding carboxylic acids is 1. The monoisotopic (exact) mass is 347 g/mol. The molecule has 5 heteroatoms. The van der Waals surface area contributed by atoms with E-state index in [0.29, 0.717) is 17.9 Å². The maximum Gasteiger partial charge on any atom is 0.259 e. The second-order valence-corrected chi connectivity index (χ2v) is 5.75. The van der Waals surface area contributed by atoms with Gasteiger partial charge >= 0.3 is 0 Å². The van der Waals surface area contributed by atoms with Crippen LogP contribution in [-0.2, 0) is 0 Å². The van der Waals surface area contributed by atoms with Crippen LogP contribution < -0.4 is 10.6 Å². The molecule has 4 nitrogen and oxygen atoms in total. The SMILES string of the molecule is CCNc1ncc(Br)cc1C(=O)Nc1ccc(C)c(C)c1. The Balaban J connectivity index is 2.27. The van der Waals surface area contributed by atoms with E-state index in [9.17, 15) is 4.79 Å². The zero-order valence-corrected chi connectivity index (χ0v) is 13.9. The van der Waals surface area contributed by atoms with E-state index in [1.807, 2.05) is 39.0 Å². The van der Waals surface area contributed by atoms with Gasteiger partial charge in [-0.15, -0.1) is 0 Å². The standard InChI is InChI=1S/C16H18BrN3O/c1-4-18-15-14(8-12(17)9-19-15)16(21)20-13-6-5-10(2)11(3)7-13/h5-9H,4H2,1-3H3,(H,18,19)(H,20,21). The maximum absolute atomic E-state index is 12.4. The average molecular weight is 348 g/mol. The summed E-state index contributed by atoms with van der Waals surface area (Å²) in [6, 6.07) is 7.63. The van der Waals surface area contributed by atoms with Crippen LogP contribution >= 0.6 is 15.9 Å². The number of anilines is 2. The van der Waals surface area contributed by atoms with Crippen molar-refractivity contribution in [1.82, 2.24) is 4.98 Å². The Hall–Kier alpha value is -1.88. The van der Waals surface area contributed by atoms with Crippen LogP contribution in [0.5, 0.6) is 0 Å². The number of carbonyl (C=O) groups is 1. The lowest BCUT2D eigenvalue weighted by Gasteiger charge is -2.11. The zero-order valence-electron chi connectivity index (χ0n) is 12.3. The van der Waals surface area contributed by atoms with E-state index in [1.165, 1.54) is 5.56 Å². The van der Waals surface area contributed by atoms with Gasteiger partial charge in [-0.25, -0.2) is 4.98 Å². The van der Waals surface area contributed by atoms with Crippen LogP contribution in [0, 0.1) is 13.8 Å². The molecule has 110 valence electrons. The van der Waals surface area contributed by atoms with E-state index in [0.717, 1.165) is 15.7 Å². The van der Waals surface area contributed by atoms with E-state index >= 15 is 0 Å². The molecule has 0 radical (unpaired) electrons. The molecule has 0 bridgehead atoms. The molecule has 1 amide bonds. The summed E-state index contributed by atoms with van der Waals surface area (Å²) < 4.78 is 0.773. The molecular formula is C16H18BrN3O. The summed E-state index contributed by atoms with van der Waals surface area (Å²) in [7, 11) is 0. The Morgan fingerprint density at radius 2 is 2.00 bits per heavy atom. The first kappa shape index (κ1) is 15.5. The number of rotatable bonds is 4. The van der Waals surface area contributed by atoms with Crippen molar-refractivity contribution in [3.63, 3.8) is 0 Å². The summed E-state index contributed by atoms with van der Waals surface area (Å²) in [5.41, 5.74) is 3.65. The molecule has 0 spiro atoms. The van der Waals surface area contributed by atoms with Gasteiger partial charge in [0.05, 0.1) is 5.56 Å². The molecule has 0 atom stereocenters. The summed E-state index contributed by atoms with van der Waals surface area (Å²) >= 11 is 3.35. The highest BCUT2D eigenvalue weighted by atomic mass is 79.9. The topological polar surface area (TPSA) is 54.0 Å². The number of halogens is 1. The van der Waals surface area contributed by atoms with Gasteiger partial charge < -0.3 is 10.6 Å². The van der Waals surface area contributed by atoms with E-state index in [2.05, 4.69) is 31.5 Å². The minimum atomic E-state index is -0.178. The van der Waals surface area contributed by atoms with Gasteiger partial charge in [-0.2, -0.15) is 0 Å². The zero-order chi connectivity index (χ0) is 15.4. The van der Waals surface area contributed by atoms with Crippen molar-refractivity contribution in [3.05, 3.63) is 51.6 Å². The molecule has 1 aromatic carbocycles. The lowest BCUT2D eigenvalue weighted by molar-refractivity contribution is 0.102. The lowest BCUT2D eigenvalue weighted by atomic mass is 10.1. The van der Waals surface area contributed by atoms with Crippen molar-refractivity contribution >= 4 is 33.3 Å². The van der Waals surface area contributed by atoms with Crippen molar-refractivity contribution < 1.29 is 4.79 Å². The quantitative estimate of drug-likeness (QED) is 0.873. The van der Waals surface area contributed by atoms with Crippen LogP contribution in [0.25, 0.3) is 0 Å². The van der Waals surface area contributed by atoms with Gasteiger partial charge in [0.1, 0.15) is 5.82 Å². The summed E-state index contributed by atoms with van der Waals surface area (Å²) in [5.74, 6) is 0.407. The first-order valence-corrected chi connectivity index (χ1v) is 7.58. The molecule has 0 saturated heterocycles. The molecule has 0 fully saturated rings. The number of benzene rings is 1. The van der Waals surface area contributed by atoms with Gasteiger partial charge in [0.15, 0.2) is 0 Å². The average Bonchev–Trinajstić information content (AvgIpc) is 2.45. The molecule has 1 aromatic heterocycles. The highest BCUT2D eigenvalue weighted by molar-refractivity contribution is 9.10. The second kappa shape index (κ2) is 6.72. The predicted octanol–water partition coefficient (Wildman–Crippen LogP) is 4.15. The molecule has 0 saturated carbocycles. The lowest BCUT2D eigenvalue weighted by Crippen LogP contribution is -2.16. The summed E-state index contributed by atoms with van der Waals surface area (Å²) in [5, 5.41) is 6.01. The first-order chi connectivity index (χ1) is 10.0. The minimum Gasteiger partial charge on any atom is -0.370 e. The largest absolute Gasteiger partial charge is 0.370 e. The fraction of sp³-hybridized carbons (Fsp3) is 0.250. The van der Waals surface area contributed by atoms with E-state index < -0.39 is 0 Å². The van der Waals surface area contributed by atoms with Crippen molar-refractivity contribution in [2.24, 2.45) is 0 Å². The van der Waals surface area contributed by atoms with Crippen molar-refractivity contribution in [1.29, 1.82) is 0 Å². The van der Waals surface area contributed by atoms with Gasteiger partial charge in [-0.3, -0.25) is 4.79 Å². The van der Waals surface area contributed by atoms with Gasteiger partial charge in [0, 0.05) is 22.9 Å². The van der Waals surface area contributed by atoms with Crippen LogP contribution in [0.15, 0.2) is 34.9 Å². The Morgan fingerprint density at radius 1 is 1.24 bits per heavy atom. The molecule has 2 rings (SSSR count). The summed E-state index contributed by atoms with van der Waals surface area (Å²) in [4.78, 5) is 16.7. The Kier molecular flexibility index (Phi) is 4.96. The molecule has 0 aliphatic heterocycles. The number of nitrogens with one attached hydrogen (secondary N) is 2. The van der Waals surface area contributed by atoms with E-state index in [-0.39, 0.29) is 5.91 Å². The molecular weight excluding hydrogens is 330 g/mol. The van der Waals surface area contributed by atoms with E-state index in [1.54, 1.807) is 12.3 Å². The maximum atomic E-state index is 12.4. The third-order valence-electron chi connectivity index (χ3n) is 3.21. The molecule has 0 aliphatic carbocycles. The summed E-state index contributed by atoms with van der Waals surface area (Å²) in [6.45, 7) is 6.74. The smallest absolute Gasteiger partial charge is 0.259 e. The van der Waals surface area contributed by atoms with Crippen molar-refractivity contribution in [2.45, 2.75) is 20.8 Å². The fourth-order valence-electron chi connectivity index (χ4n) is 1.94. The number of hydrogen-bond donors (Lipinski definition) is 2. The highest BCUT2D eigenvalue weighted by Crippen LogP contribution is 2.20. The highest BCUT2D eigenvalue weighted by Gasteiger charge is 2.13. The number of aromatic nitrogens is 1. The van der Waals surface area contributed by atoms with Gasteiger partial charge in [-0.1, -0.05) is 6.07 Å². The van der Waals surface area contributed by atoms with Crippen LogP contribution in [0.4, 0.5) is 11.5 Å². The third kappa shape index (κ3) is 3.82. The van der Waals surface area contributed by atoms with E-state index in [4.69, 9.17) is 0 Å². The van der Waals surface area contributed by atoms with Gasteiger partial charge in [0.2, 0.25) is 0 Å². The second-order valence-electron chi connectivity index (χ2n) is 4.83. The minimum absolute atomic E-state index is 0.178. The predicted molar refractivity (Wildman–Crippen MR) is 90.0 cm³/mol. The summed E-state index contributed by atoms with van der Waals surface area (Å²) in [6.07, 6.45) is 1.67. The van der Waals surface area contributed by atoms with Gasteiger partial charge in [0.25, 0.3) is 5.91 Å². The third-order valence-corrected chi connectivity index (χ3v) is 3.64. The number of pyridine rings is 1. The number of hydrogen-bond acceptors (Lipinski definition) is 3. The molecule has 0 unspecified atom stereocenters. The molecule has 0 aliphatic rings. The Morgan fingerprint density at radius 3 is 2.67 bits per heavy atom. The normalized spacial score (nSPS) is 10.3. The first-order valence-electron chi connectivity index (χ1n) is 6.79. The molecule has 21 heavy (non-hydrogen) atoms. The van der Waals surface area contributed by atoms with Crippen LogP contribution in [0.1, 0.15) is 28.4 Å². The van der Waals surface area contributed by atoms with Crippen LogP contribution in [0.2, 0.25) is 0 Å². The number of nitrogens with zero attached hydrogens (tertiary/aromatic N) is 1.